The van der Waals surface area contributed by atoms with Crippen LogP contribution in [0.5, 0.6) is 0 Å². The smallest absolute Gasteiger partial charge is 0.275 e. The number of pyridine rings is 1. The highest BCUT2D eigenvalue weighted by Crippen LogP contribution is 2.19. The average molecular weight is 328 g/mol. The van der Waals surface area contributed by atoms with E-state index in [0.717, 1.165) is 12.1 Å². The first-order chi connectivity index (χ1) is 9.88. The van der Waals surface area contributed by atoms with Gasteiger partial charge in [-0.05, 0) is 30.3 Å². The standard InChI is InChI=1S/C13H8Cl2FN3O2/c14-8-2-4-10(15)19-11(8)13(21)18-6-1-3-9(16)7(5-6)12(17)20/h1-5H,(H2,17,20)(H,18,21). The van der Waals surface area contributed by atoms with Crippen molar-refractivity contribution in [1.82, 2.24) is 4.98 Å². The molecule has 21 heavy (non-hydrogen) atoms. The van der Waals surface area contributed by atoms with Crippen LogP contribution in [0.1, 0.15) is 20.8 Å². The third-order valence-electron chi connectivity index (χ3n) is 2.52. The quantitative estimate of drug-likeness (QED) is 0.850. The van der Waals surface area contributed by atoms with Gasteiger partial charge < -0.3 is 11.1 Å². The Labute approximate surface area is 128 Å². The third-order valence-corrected chi connectivity index (χ3v) is 3.03. The van der Waals surface area contributed by atoms with E-state index in [4.69, 9.17) is 28.9 Å². The van der Waals surface area contributed by atoms with Crippen LogP contribution in [0.2, 0.25) is 10.2 Å². The van der Waals surface area contributed by atoms with Crippen molar-refractivity contribution in [2.24, 2.45) is 5.73 Å². The van der Waals surface area contributed by atoms with Crippen molar-refractivity contribution in [3.05, 3.63) is 57.6 Å². The molecule has 0 saturated carbocycles. The minimum Gasteiger partial charge on any atom is -0.366 e. The number of primary amides is 1. The first-order valence-corrected chi connectivity index (χ1v) is 6.37. The lowest BCUT2D eigenvalue weighted by atomic mass is 10.1. The first-order valence-electron chi connectivity index (χ1n) is 5.61. The molecule has 0 spiro atoms. The van der Waals surface area contributed by atoms with Crippen LogP contribution in [0.3, 0.4) is 0 Å². The summed E-state index contributed by atoms with van der Waals surface area (Å²) in [7, 11) is 0. The lowest BCUT2D eigenvalue weighted by molar-refractivity contribution is 0.0992. The molecule has 1 heterocycles. The summed E-state index contributed by atoms with van der Waals surface area (Å²) in [5, 5.41) is 2.63. The number of aromatic nitrogens is 1. The molecule has 0 radical (unpaired) electrons. The number of nitrogens with zero attached hydrogens (tertiary/aromatic N) is 1. The molecule has 1 aromatic heterocycles. The number of rotatable bonds is 3. The molecule has 108 valence electrons. The van der Waals surface area contributed by atoms with Gasteiger partial charge in [0.1, 0.15) is 16.7 Å². The van der Waals surface area contributed by atoms with Gasteiger partial charge in [-0.3, -0.25) is 9.59 Å². The molecule has 2 rings (SSSR count). The molecule has 0 saturated heterocycles. The summed E-state index contributed by atoms with van der Waals surface area (Å²) in [6.07, 6.45) is 0. The number of carbonyl (C=O) groups excluding carboxylic acids is 2. The zero-order chi connectivity index (χ0) is 15.6. The minimum absolute atomic E-state index is 0.0888. The predicted molar refractivity (Wildman–Crippen MR) is 77.1 cm³/mol. The Morgan fingerprint density at radius 2 is 1.90 bits per heavy atom. The Bertz CT molecular complexity index is 737. The van der Waals surface area contributed by atoms with E-state index in [1.165, 1.54) is 18.2 Å². The van der Waals surface area contributed by atoms with Gasteiger partial charge in [0.15, 0.2) is 0 Å². The highest BCUT2D eigenvalue weighted by atomic mass is 35.5. The molecule has 0 fully saturated rings. The Morgan fingerprint density at radius 1 is 1.19 bits per heavy atom. The predicted octanol–water partition coefficient (Wildman–Crippen LogP) is 2.88. The van der Waals surface area contributed by atoms with Gasteiger partial charge in [0.05, 0.1) is 10.6 Å². The van der Waals surface area contributed by atoms with Crippen LogP contribution < -0.4 is 11.1 Å². The van der Waals surface area contributed by atoms with Crippen molar-refractivity contribution in [2.45, 2.75) is 0 Å². The van der Waals surface area contributed by atoms with Gasteiger partial charge in [0.2, 0.25) is 0 Å². The number of hydrogen-bond acceptors (Lipinski definition) is 3. The van der Waals surface area contributed by atoms with E-state index in [1.807, 2.05) is 0 Å². The number of nitrogens with one attached hydrogen (secondary N) is 1. The van der Waals surface area contributed by atoms with Gasteiger partial charge in [-0.1, -0.05) is 23.2 Å². The molecular formula is C13H8Cl2FN3O2. The second-order valence-corrected chi connectivity index (χ2v) is 4.77. The van der Waals surface area contributed by atoms with Crippen LogP contribution in [-0.2, 0) is 0 Å². The number of hydrogen-bond donors (Lipinski definition) is 2. The van der Waals surface area contributed by atoms with Crippen LogP contribution in [0.15, 0.2) is 30.3 Å². The fraction of sp³-hybridized carbons (Fsp3) is 0. The van der Waals surface area contributed by atoms with E-state index in [0.29, 0.717) is 0 Å². The van der Waals surface area contributed by atoms with Gasteiger partial charge in [-0.15, -0.1) is 0 Å². The topological polar surface area (TPSA) is 85.1 Å². The van der Waals surface area contributed by atoms with E-state index >= 15 is 0 Å². The van der Waals surface area contributed by atoms with Gasteiger partial charge in [-0.2, -0.15) is 0 Å². The van der Waals surface area contributed by atoms with Crippen molar-refractivity contribution in [1.29, 1.82) is 0 Å². The van der Waals surface area contributed by atoms with E-state index in [2.05, 4.69) is 10.3 Å². The fourth-order valence-corrected chi connectivity index (χ4v) is 1.90. The van der Waals surface area contributed by atoms with Crippen LogP contribution in [0.4, 0.5) is 10.1 Å². The molecule has 3 N–H and O–H groups in total. The molecule has 0 aliphatic heterocycles. The zero-order valence-corrected chi connectivity index (χ0v) is 11.9. The number of halogens is 3. The van der Waals surface area contributed by atoms with Crippen molar-refractivity contribution >= 4 is 40.7 Å². The van der Waals surface area contributed by atoms with Crippen LogP contribution >= 0.6 is 23.2 Å². The maximum atomic E-state index is 13.3. The molecule has 0 aliphatic carbocycles. The van der Waals surface area contributed by atoms with Crippen LogP contribution in [0.25, 0.3) is 0 Å². The average Bonchev–Trinajstić information content (AvgIpc) is 2.43. The molecule has 2 aromatic rings. The maximum Gasteiger partial charge on any atom is 0.275 e. The summed E-state index contributed by atoms with van der Waals surface area (Å²) < 4.78 is 13.3. The van der Waals surface area contributed by atoms with Crippen molar-refractivity contribution in [2.75, 3.05) is 5.32 Å². The van der Waals surface area contributed by atoms with Crippen molar-refractivity contribution in [3.63, 3.8) is 0 Å². The molecule has 8 heteroatoms. The molecule has 1 aromatic carbocycles. The van der Waals surface area contributed by atoms with Gasteiger partial charge in [0.25, 0.3) is 11.8 Å². The van der Waals surface area contributed by atoms with Crippen molar-refractivity contribution < 1.29 is 14.0 Å². The second kappa shape index (κ2) is 6.07. The largest absolute Gasteiger partial charge is 0.366 e. The summed E-state index contributed by atoms with van der Waals surface area (Å²) in [6, 6.07) is 6.27. The normalized spacial score (nSPS) is 10.2. The highest BCUT2D eigenvalue weighted by Gasteiger charge is 2.15. The minimum atomic E-state index is -0.942. The molecule has 5 nitrogen and oxygen atoms in total. The molecule has 0 bridgehead atoms. The van der Waals surface area contributed by atoms with Gasteiger partial charge >= 0.3 is 0 Å². The Hall–Kier alpha value is -2.18. The van der Waals surface area contributed by atoms with E-state index in [1.54, 1.807) is 0 Å². The summed E-state index contributed by atoms with van der Waals surface area (Å²) in [5.41, 5.74) is 4.78. The number of nitrogens with two attached hydrogens (primary N) is 1. The number of benzene rings is 1. The fourth-order valence-electron chi connectivity index (χ4n) is 1.56. The Morgan fingerprint density at radius 3 is 2.57 bits per heavy atom. The summed E-state index contributed by atoms with van der Waals surface area (Å²) in [4.78, 5) is 26.9. The molecule has 0 unspecified atom stereocenters. The lowest BCUT2D eigenvalue weighted by Crippen LogP contribution is -2.17. The summed E-state index contributed by atoms with van der Waals surface area (Å²) in [5.74, 6) is -2.37. The maximum absolute atomic E-state index is 13.3. The number of carbonyl (C=O) groups is 2. The number of amides is 2. The molecular weight excluding hydrogens is 320 g/mol. The third kappa shape index (κ3) is 3.48. The lowest BCUT2D eigenvalue weighted by Gasteiger charge is -2.08. The Kier molecular flexibility index (Phi) is 4.40. The summed E-state index contributed by atoms with van der Waals surface area (Å²) in [6.45, 7) is 0. The van der Waals surface area contributed by atoms with Crippen LogP contribution in [-0.4, -0.2) is 16.8 Å². The van der Waals surface area contributed by atoms with E-state index < -0.39 is 17.6 Å². The highest BCUT2D eigenvalue weighted by molar-refractivity contribution is 6.35. The van der Waals surface area contributed by atoms with E-state index in [9.17, 15) is 14.0 Å². The molecule has 0 atom stereocenters. The molecule has 2 amide bonds. The second-order valence-electron chi connectivity index (χ2n) is 3.98. The SMILES string of the molecule is NC(=O)c1cc(NC(=O)c2nc(Cl)ccc2Cl)ccc1F. The van der Waals surface area contributed by atoms with Crippen LogP contribution in [0, 0.1) is 5.82 Å². The van der Waals surface area contributed by atoms with Gasteiger partial charge in [0, 0.05) is 5.69 Å². The summed E-state index contributed by atoms with van der Waals surface area (Å²) >= 11 is 11.5. The Balaban J connectivity index is 2.29. The first kappa shape index (κ1) is 15.2. The monoisotopic (exact) mass is 327 g/mol. The number of anilines is 1. The molecule has 0 aliphatic rings. The van der Waals surface area contributed by atoms with E-state index in [-0.39, 0.29) is 27.1 Å². The zero-order valence-electron chi connectivity index (χ0n) is 10.4. The van der Waals surface area contributed by atoms with Crippen molar-refractivity contribution in [3.8, 4) is 0 Å². The van der Waals surface area contributed by atoms with Gasteiger partial charge in [-0.25, -0.2) is 9.37 Å².